The summed E-state index contributed by atoms with van der Waals surface area (Å²) in [5.41, 5.74) is 9.01. The average molecular weight is 334 g/mol. The van der Waals surface area contributed by atoms with Gasteiger partial charge in [-0.1, -0.05) is 89.9 Å². The molecule has 1 aliphatic carbocycles. The molecular weight excluding hydrogens is 290 g/mol. The Morgan fingerprint density at radius 3 is 2.21 bits per heavy atom. The smallest absolute Gasteiger partial charge is 0.00741 e. The third-order valence-electron chi connectivity index (χ3n) is 5.86. The van der Waals surface area contributed by atoms with Crippen molar-refractivity contribution in [1.29, 1.82) is 0 Å². The van der Waals surface area contributed by atoms with Gasteiger partial charge in [0.25, 0.3) is 0 Å². The third-order valence-corrected chi connectivity index (χ3v) is 5.86. The second kappa shape index (κ2) is 12.8. The van der Waals surface area contributed by atoms with E-state index in [4.69, 9.17) is 5.73 Å². The Labute approximate surface area is 152 Å². The fourth-order valence-corrected chi connectivity index (χ4v) is 3.90. The largest absolute Gasteiger partial charge is 0.330 e. The summed E-state index contributed by atoms with van der Waals surface area (Å²) in [7, 11) is 0. The zero-order chi connectivity index (χ0) is 17.7. The highest BCUT2D eigenvalue weighted by Crippen LogP contribution is 2.41. The summed E-state index contributed by atoms with van der Waals surface area (Å²) in [6.07, 6.45) is 22.7. The van der Waals surface area contributed by atoms with Crippen LogP contribution >= 0.6 is 0 Å². The Balaban J connectivity index is 2.11. The van der Waals surface area contributed by atoms with Crippen LogP contribution in [0.2, 0.25) is 0 Å². The van der Waals surface area contributed by atoms with Gasteiger partial charge in [-0.25, -0.2) is 0 Å². The first kappa shape index (κ1) is 21.5. The van der Waals surface area contributed by atoms with E-state index in [1.54, 1.807) is 0 Å². The van der Waals surface area contributed by atoms with Crippen LogP contribution in [0.15, 0.2) is 23.8 Å². The van der Waals surface area contributed by atoms with Gasteiger partial charge in [0.05, 0.1) is 0 Å². The molecule has 0 heterocycles. The predicted molar refractivity (Wildman–Crippen MR) is 109 cm³/mol. The van der Waals surface area contributed by atoms with Gasteiger partial charge in [0.2, 0.25) is 0 Å². The molecule has 0 saturated carbocycles. The summed E-state index contributed by atoms with van der Waals surface area (Å²) in [4.78, 5) is 0. The predicted octanol–water partition coefficient (Wildman–Crippen LogP) is 7.32. The van der Waals surface area contributed by atoms with Crippen LogP contribution in [-0.2, 0) is 0 Å². The van der Waals surface area contributed by atoms with Crippen LogP contribution in [0.25, 0.3) is 0 Å². The lowest BCUT2D eigenvalue weighted by Gasteiger charge is -2.33. The van der Waals surface area contributed by atoms with Crippen molar-refractivity contribution in [3.05, 3.63) is 23.8 Å². The van der Waals surface area contributed by atoms with Crippen LogP contribution in [0.4, 0.5) is 0 Å². The Hall–Kier alpha value is -0.560. The number of hydrogen-bond donors (Lipinski definition) is 1. The Morgan fingerprint density at radius 1 is 1.04 bits per heavy atom. The van der Waals surface area contributed by atoms with Crippen molar-refractivity contribution in [1.82, 2.24) is 0 Å². The Kier molecular flexibility index (Phi) is 11.4. The molecule has 0 aliphatic heterocycles. The van der Waals surface area contributed by atoms with Crippen LogP contribution in [0.3, 0.4) is 0 Å². The van der Waals surface area contributed by atoms with E-state index < -0.39 is 0 Å². The van der Waals surface area contributed by atoms with Gasteiger partial charge < -0.3 is 5.73 Å². The molecule has 140 valence electrons. The van der Waals surface area contributed by atoms with Gasteiger partial charge in [0, 0.05) is 0 Å². The zero-order valence-electron chi connectivity index (χ0n) is 16.7. The first-order valence-electron chi connectivity index (χ1n) is 10.7. The van der Waals surface area contributed by atoms with E-state index in [1.165, 1.54) is 94.6 Å². The number of hydrogen-bond acceptors (Lipinski definition) is 1. The lowest BCUT2D eigenvalue weighted by molar-refractivity contribution is 0.253. The minimum Gasteiger partial charge on any atom is -0.330 e. The van der Waals surface area contributed by atoms with Gasteiger partial charge in [0.1, 0.15) is 0 Å². The first-order chi connectivity index (χ1) is 11.6. The van der Waals surface area contributed by atoms with Crippen LogP contribution in [0.5, 0.6) is 0 Å². The van der Waals surface area contributed by atoms with E-state index in [-0.39, 0.29) is 0 Å². The molecule has 24 heavy (non-hydrogen) atoms. The normalized spacial score (nSPS) is 20.9. The van der Waals surface area contributed by atoms with Gasteiger partial charge in [-0.05, 0) is 56.1 Å². The lowest BCUT2D eigenvalue weighted by Crippen LogP contribution is -2.19. The molecule has 1 rings (SSSR count). The molecule has 0 fully saturated rings. The minimum atomic E-state index is 0.540. The van der Waals surface area contributed by atoms with Crippen molar-refractivity contribution in [2.45, 2.75) is 110 Å². The second-order valence-corrected chi connectivity index (χ2v) is 8.32. The van der Waals surface area contributed by atoms with Crippen molar-refractivity contribution in [3.8, 4) is 0 Å². The lowest BCUT2D eigenvalue weighted by atomic mass is 9.72. The fourth-order valence-electron chi connectivity index (χ4n) is 3.90. The van der Waals surface area contributed by atoms with E-state index in [1.807, 2.05) is 0 Å². The van der Waals surface area contributed by atoms with Crippen LogP contribution in [0.1, 0.15) is 110 Å². The standard InChI is InChI=1S/C23H43N/c1-4-5-6-7-8-9-10-11-12-17-23(3)18-15-22(16-19-23)21(2)14-13-20-24/h15H,2,4-14,16-20,24H2,1,3H3. The minimum absolute atomic E-state index is 0.540. The maximum Gasteiger partial charge on any atom is -0.00741 e. The maximum atomic E-state index is 5.61. The van der Waals surface area contributed by atoms with E-state index in [0.717, 1.165) is 19.4 Å². The molecule has 2 N–H and O–H groups in total. The van der Waals surface area contributed by atoms with E-state index in [2.05, 4.69) is 26.5 Å². The summed E-state index contributed by atoms with van der Waals surface area (Å²) in [6.45, 7) is 9.83. The summed E-state index contributed by atoms with van der Waals surface area (Å²) >= 11 is 0. The molecule has 1 unspecified atom stereocenters. The molecule has 0 amide bonds. The molecule has 0 bridgehead atoms. The third kappa shape index (κ3) is 9.06. The molecule has 0 aromatic heterocycles. The summed E-state index contributed by atoms with van der Waals surface area (Å²) in [5.74, 6) is 0. The topological polar surface area (TPSA) is 26.0 Å². The van der Waals surface area contributed by atoms with E-state index in [0.29, 0.717) is 5.41 Å². The highest BCUT2D eigenvalue weighted by molar-refractivity contribution is 5.30. The number of rotatable bonds is 14. The number of allylic oxidation sites excluding steroid dienone is 3. The molecule has 0 aromatic rings. The molecule has 0 aromatic carbocycles. The second-order valence-electron chi connectivity index (χ2n) is 8.32. The van der Waals surface area contributed by atoms with Crippen molar-refractivity contribution < 1.29 is 0 Å². The van der Waals surface area contributed by atoms with Crippen LogP contribution in [0, 0.1) is 5.41 Å². The van der Waals surface area contributed by atoms with Crippen molar-refractivity contribution in [3.63, 3.8) is 0 Å². The molecule has 1 nitrogen and oxygen atoms in total. The summed E-state index contributed by atoms with van der Waals surface area (Å²) in [5, 5.41) is 0. The van der Waals surface area contributed by atoms with Crippen molar-refractivity contribution >= 4 is 0 Å². The van der Waals surface area contributed by atoms with E-state index in [9.17, 15) is 0 Å². The molecule has 0 spiro atoms. The molecule has 1 atom stereocenters. The molecule has 0 saturated heterocycles. The van der Waals surface area contributed by atoms with Crippen LogP contribution < -0.4 is 5.73 Å². The Morgan fingerprint density at radius 2 is 1.67 bits per heavy atom. The van der Waals surface area contributed by atoms with Gasteiger partial charge in [-0.15, -0.1) is 0 Å². The van der Waals surface area contributed by atoms with Gasteiger partial charge in [-0.3, -0.25) is 0 Å². The molecule has 1 aliphatic rings. The average Bonchev–Trinajstić information content (AvgIpc) is 2.59. The monoisotopic (exact) mass is 333 g/mol. The quantitative estimate of drug-likeness (QED) is 0.331. The fraction of sp³-hybridized carbons (Fsp3) is 0.826. The van der Waals surface area contributed by atoms with E-state index >= 15 is 0 Å². The van der Waals surface area contributed by atoms with Gasteiger partial charge in [0.15, 0.2) is 0 Å². The van der Waals surface area contributed by atoms with Crippen molar-refractivity contribution in [2.75, 3.05) is 6.54 Å². The Bertz CT molecular complexity index is 368. The molecule has 1 heteroatoms. The molecular formula is C23H43N. The molecule has 0 radical (unpaired) electrons. The van der Waals surface area contributed by atoms with Crippen molar-refractivity contribution in [2.24, 2.45) is 11.1 Å². The summed E-state index contributed by atoms with van der Waals surface area (Å²) in [6, 6.07) is 0. The van der Waals surface area contributed by atoms with Gasteiger partial charge >= 0.3 is 0 Å². The highest BCUT2D eigenvalue weighted by Gasteiger charge is 2.26. The van der Waals surface area contributed by atoms with Gasteiger partial charge in [-0.2, -0.15) is 0 Å². The zero-order valence-corrected chi connectivity index (χ0v) is 16.7. The number of nitrogens with two attached hydrogens (primary N) is 1. The highest BCUT2D eigenvalue weighted by atomic mass is 14.5. The SMILES string of the molecule is C=C(CCCN)C1=CCC(C)(CCCCCCCCCCC)CC1. The number of unbranched alkanes of at least 4 members (excludes halogenated alkanes) is 8. The van der Waals surface area contributed by atoms with Crippen LogP contribution in [-0.4, -0.2) is 6.54 Å². The summed E-state index contributed by atoms with van der Waals surface area (Å²) < 4.78 is 0. The maximum absolute atomic E-state index is 5.61. The first-order valence-corrected chi connectivity index (χ1v) is 10.7.